The number of nitrogens with two attached hydrogens (primary N) is 1. The predicted octanol–water partition coefficient (Wildman–Crippen LogP) is 5.01. The van der Waals surface area contributed by atoms with Gasteiger partial charge in [-0.25, -0.2) is 14.8 Å². The molecule has 214 valence electrons. The number of rotatable bonds is 5. The fourth-order valence-electron chi connectivity index (χ4n) is 6.68. The predicted molar refractivity (Wildman–Crippen MR) is 157 cm³/mol. The van der Waals surface area contributed by atoms with Crippen molar-refractivity contribution in [2.24, 2.45) is 23.5 Å². The van der Waals surface area contributed by atoms with Crippen molar-refractivity contribution < 1.29 is 14.3 Å². The zero-order valence-corrected chi connectivity index (χ0v) is 23.6. The van der Waals surface area contributed by atoms with Crippen LogP contribution in [-0.4, -0.2) is 57.3 Å². The Bertz CT molecular complexity index is 1510. The molecule has 3 fully saturated rings. The zero-order valence-electron chi connectivity index (χ0n) is 22.9. The first-order valence-electron chi connectivity index (χ1n) is 14.3. The second-order valence-electron chi connectivity index (χ2n) is 11.3. The van der Waals surface area contributed by atoms with Crippen molar-refractivity contribution in [1.82, 2.24) is 19.5 Å². The third-order valence-corrected chi connectivity index (χ3v) is 8.91. The van der Waals surface area contributed by atoms with Crippen molar-refractivity contribution in [1.29, 1.82) is 5.41 Å². The van der Waals surface area contributed by atoms with Crippen molar-refractivity contribution in [2.45, 2.75) is 57.5 Å². The van der Waals surface area contributed by atoms with Crippen LogP contribution >= 0.6 is 11.6 Å². The Labute approximate surface area is 244 Å². The highest BCUT2D eigenvalue weighted by atomic mass is 35.5. The Morgan fingerprint density at radius 1 is 1.20 bits per heavy atom. The van der Waals surface area contributed by atoms with Crippen molar-refractivity contribution in [3.05, 3.63) is 35.1 Å². The maximum absolute atomic E-state index is 11.4. The summed E-state index contributed by atoms with van der Waals surface area (Å²) in [6.45, 7) is 3.13. The highest BCUT2D eigenvalue weighted by Gasteiger charge is 2.37. The molecule has 0 radical (unpaired) electrons. The maximum atomic E-state index is 11.4. The van der Waals surface area contributed by atoms with Crippen LogP contribution in [0.15, 0.2) is 24.3 Å². The van der Waals surface area contributed by atoms with E-state index in [2.05, 4.69) is 20.4 Å². The minimum absolute atomic E-state index is 0.0698. The van der Waals surface area contributed by atoms with Gasteiger partial charge in [0.2, 0.25) is 11.8 Å². The molecule has 2 unspecified atom stereocenters. The summed E-state index contributed by atoms with van der Waals surface area (Å²) in [5.74, 6) is 4.39. The molecule has 1 aliphatic carbocycles. The number of fused-ring (bicyclic) bond motifs is 2. The summed E-state index contributed by atoms with van der Waals surface area (Å²) < 4.78 is 13.0. The molecule has 3 aromatic rings. The SMILES string of the molecule is C#CC1CCC(Cn2c(N3CCCC4COCCC43)nc3nc(C(=N)OC(N)=O)nc(-c4cccc(Cl)c4)c32)CC1. The fourth-order valence-corrected chi connectivity index (χ4v) is 6.87. The molecule has 1 saturated carbocycles. The summed E-state index contributed by atoms with van der Waals surface area (Å²) in [5, 5.41) is 8.86. The molecule has 41 heavy (non-hydrogen) atoms. The number of aromatic nitrogens is 4. The molecule has 3 N–H and O–H groups in total. The quantitative estimate of drug-likeness (QED) is 0.248. The topological polar surface area (TPSA) is 132 Å². The second kappa shape index (κ2) is 11.7. The van der Waals surface area contributed by atoms with Crippen molar-refractivity contribution in [2.75, 3.05) is 24.7 Å². The number of nitrogens with one attached hydrogen (secondary N) is 1. The van der Waals surface area contributed by atoms with Crippen LogP contribution in [0, 0.1) is 35.5 Å². The van der Waals surface area contributed by atoms with Gasteiger partial charge in [-0.2, -0.15) is 4.98 Å². The number of anilines is 1. The first-order valence-corrected chi connectivity index (χ1v) is 14.7. The van der Waals surface area contributed by atoms with Crippen LogP contribution in [0.1, 0.15) is 50.8 Å². The second-order valence-corrected chi connectivity index (χ2v) is 11.7. The molecule has 6 rings (SSSR count). The molecule has 11 heteroatoms. The van der Waals surface area contributed by atoms with Gasteiger partial charge in [0, 0.05) is 48.2 Å². The third-order valence-electron chi connectivity index (χ3n) is 8.68. The van der Waals surface area contributed by atoms with Gasteiger partial charge in [0.05, 0.1) is 6.61 Å². The van der Waals surface area contributed by atoms with Crippen molar-refractivity contribution >= 4 is 40.7 Å². The summed E-state index contributed by atoms with van der Waals surface area (Å²) in [4.78, 5) is 28.4. The number of terminal acetylenes is 1. The molecule has 2 aliphatic heterocycles. The van der Waals surface area contributed by atoms with Gasteiger partial charge in [0.25, 0.3) is 5.90 Å². The van der Waals surface area contributed by atoms with E-state index in [-0.39, 0.29) is 5.82 Å². The first-order chi connectivity index (χ1) is 19.9. The molecule has 0 spiro atoms. The molecule has 3 aliphatic rings. The van der Waals surface area contributed by atoms with E-state index < -0.39 is 12.0 Å². The van der Waals surface area contributed by atoms with Gasteiger partial charge < -0.3 is 24.7 Å². The van der Waals surface area contributed by atoms with Crippen molar-refractivity contribution in [3.8, 4) is 23.6 Å². The molecule has 2 atom stereocenters. The van der Waals surface area contributed by atoms with E-state index in [0.29, 0.717) is 40.2 Å². The maximum Gasteiger partial charge on any atom is 0.411 e. The third kappa shape index (κ3) is 5.61. The normalized spacial score (nSPS) is 24.4. The average Bonchev–Trinajstić information content (AvgIpc) is 3.34. The van der Waals surface area contributed by atoms with Gasteiger partial charge in [-0.1, -0.05) is 23.7 Å². The van der Waals surface area contributed by atoms with Crippen molar-refractivity contribution in [3.63, 3.8) is 0 Å². The number of imidazole rings is 1. The number of benzene rings is 1. The molecular weight excluding hydrogens is 542 g/mol. The van der Waals surface area contributed by atoms with E-state index in [1.165, 1.54) is 0 Å². The molecule has 2 saturated heterocycles. The van der Waals surface area contributed by atoms with Crippen LogP contribution in [-0.2, 0) is 16.0 Å². The highest BCUT2D eigenvalue weighted by molar-refractivity contribution is 6.30. The van der Waals surface area contributed by atoms with Crippen LogP contribution in [0.5, 0.6) is 0 Å². The van der Waals surface area contributed by atoms with E-state index in [1.54, 1.807) is 6.07 Å². The first kappa shape index (κ1) is 27.5. The fraction of sp³-hybridized carbons (Fsp3) is 0.500. The Balaban J connectivity index is 1.53. The number of amides is 1. The summed E-state index contributed by atoms with van der Waals surface area (Å²) in [7, 11) is 0. The zero-order chi connectivity index (χ0) is 28.5. The van der Waals surface area contributed by atoms with Crippen LogP contribution in [0.2, 0.25) is 5.02 Å². The van der Waals surface area contributed by atoms with Crippen LogP contribution in [0.25, 0.3) is 22.4 Å². The van der Waals surface area contributed by atoms with Crippen LogP contribution in [0.3, 0.4) is 0 Å². The van der Waals surface area contributed by atoms with E-state index in [4.69, 9.17) is 48.6 Å². The Morgan fingerprint density at radius 2 is 2.02 bits per heavy atom. The number of carbonyl (C=O) groups is 1. The van der Waals surface area contributed by atoms with Gasteiger partial charge in [0.15, 0.2) is 5.65 Å². The van der Waals surface area contributed by atoms with Crippen LogP contribution < -0.4 is 10.6 Å². The summed E-state index contributed by atoms with van der Waals surface area (Å²) >= 11 is 6.41. The van der Waals surface area contributed by atoms with Gasteiger partial charge >= 0.3 is 6.09 Å². The number of nitrogens with zero attached hydrogens (tertiary/aromatic N) is 5. The Kier molecular flexibility index (Phi) is 7.82. The monoisotopic (exact) mass is 575 g/mol. The Morgan fingerprint density at radius 3 is 2.78 bits per heavy atom. The summed E-state index contributed by atoms with van der Waals surface area (Å²) in [5.41, 5.74) is 7.73. The Hall–Kier alpha value is -3.68. The van der Waals surface area contributed by atoms with E-state index >= 15 is 0 Å². The number of halogens is 1. The van der Waals surface area contributed by atoms with Gasteiger partial charge in [0.1, 0.15) is 11.2 Å². The number of ether oxygens (including phenoxy) is 2. The van der Waals surface area contributed by atoms with E-state index in [0.717, 1.165) is 88.3 Å². The van der Waals surface area contributed by atoms with Gasteiger partial charge in [-0.3, -0.25) is 5.41 Å². The number of hydrogen-bond donors (Lipinski definition) is 2. The lowest BCUT2D eigenvalue weighted by molar-refractivity contribution is 0.0278. The lowest BCUT2D eigenvalue weighted by Crippen LogP contribution is -2.50. The number of hydrogen-bond acceptors (Lipinski definition) is 8. The van der Waals surface area contributed by atoms with Gasteiger partial charge in [-0.15, -0.1) is 12.3 Å². The summed E-state index contributed by atoms with van der Waals surface area (Å²) in [6.07, 6.45) is 11.9. The van der Waals surface area contributed by atoms with E-state index in [1.807, 2.05) is 18.2 Å². The number of primary amides is 1. The summed E-state index contributed by atoms with van der Waals surface area (Å²) in [6, 6.07) is 7.73. The molecule has 10 nitrogen and oxygen atoms in total. The van der Waals surface area contributed by atoms with E-state index in [9.17, 15) is 4.79 Å². The lowest BCUT2D eigenvalue weighted by Gasteiger charge is -2.44. The smallest absolute Gasteiger partial charge is 0.388 e. The molecule has 1 amide bonds. The minimum atomic E-state index is -1.10. The average molecular weight is 576 g/mol. The standard InChI is InChI=1S/C30H34ClN7O3/c1-2-18-8-10-19(11-9-18)16-38-25-24(20-5-3-7-22(31)15-20)34-28(26(32)41-29(33)39)35-27(25)36-30(38)37-13-4-6-21-17-40-14-12-23(21)37/h1,3,5,7,15,18-19,21,23,32H,4,6,8-14,16-17H2,(H2,33,39). The number of piperidine rings is 1. The highest BCUT2D eigenvalue weighted by Crippen LogP contribution is 2.39. The van der Waals surface area contributed by atoms with Gasteiger partial charge in [-0.05, 0) is 63.0 Å². The molecule has 2 aromatic heterocycles. The molecule has 0 bridgehead atoms. The van der Waals surface area contributed by atoms with Crippen LogP contribution in [0.4, 0.5) is 10.7 Å². The minimum Gasteiger partial charge on any atom is -0.388 e. The largest absolute Gasteiger partial charge is 0.411 e. The molecule has 4 heterocycles. The molecule has 1 aromatic carbocycles. The molecular formula is C30H34ClN7O3. The lowest BCUT2D eigenvalue weighted by atomic mass is 9.82. The number of carbonyl (C=O) groups excluding carboxylic acids is 1.